The van der Waals surface area contributed by atoms with E-state index in [0.717, 1.165) is 25.2 Å². The maximum absolute atomic E-state index is 15.1. The van der Waals surface area contributed by atoms with E-state index in [-0.39, 0.29) is 29.4 Å². The van der Waals surface area contributed by atoms with Crippen molar-refractivity contribution >= 4 is 40.0 Å². The van der Waals surface area contributed by atoms with E-state index >= 15 is 4.39 Å². The van der Waals surface area contributed by atoms with E-state index in [2.05, 4.69) is 40.9 Å². The summed E-state index contributed by atoms with van der Waals surface area (Å²) in [6.45, 7) is 1.82. The molecule has 1 unspecified atom stereocenters. The zero-order chi connectivity index (χ0) is 27.9. The van der Waals surface area contributed by atoms with Gasteiger partial charge in [0.05, 0.1) is 49.2 Å². The molecule has 2 aromatic carbocycles. The predicted molar refractivity (Wildman–Crippen MR) is 150 cm³/mol. The number of nitrogens with zero attached hydrogens (tertiary/aromatic N) is 5. The van der Waals surface area contributed by atoms with E-state index in [1.54, 1.807) is 19.2 Å². The average molecular weight is 546 g/mol. The molecule has 1 atom stereocenters. The van der Waals surface area contributed by atoms with Crippen LogP contribution in [0.3, 0.4) is 0 Å². The molecule has 0 spiro atoms. The summed E-state index contributed by atoms with van der Waals surface area (Å²) in [5, 5.41) is 10.6. The van der Waals surface area contributed by atoms with Gasteiger partial charge in [-0.3, -0.25) is 4.99 Å². The molecular formula is C27H28FN9O3. The molecule has 12 nitrogen and oxygen atoms in total. The summed E-state index contributed by atoms with van der Waals surface area (Å²) >= 11 is 0. The Balaban J connectivity index is 1.30. The molecule has 40 heavy (non-hydrogen) atoms. The van der Waals surface area contributed by atoms with Crippen molar-refractivity contribution in [1.82, 2.24) is 25.3 Å². The topological polar surface area (TPSA) is 154 Å². The van der Waals surface area contributed by atoms with Crippen molar-refractivity contribution in [3.63, 3.8) is 0 Å². The first kappa shape index (κ1) is 26.6. The SMILES string of the molecule is COc1ncc(N=C/C=C(\N)Oc2ccc(Nc3ncnc4cc(OC)c(NC5CCNC5)cc34)c(F)c2)cn1. The second kappa shape index (κ2) is 12.2. The molecule has 13 heteroatoms. The summed E-state index contributed by atoms with van der Waals surface area (Å²) in [6, 6.07) is 8.62. The number of nitrogens with one attached hydrogen (secondary N) is 3. The minimum Gasteiger partial charge on any atom is -0.495 e. The molecule has 5 rings (SSSR count). The Morgan fingerprint density at radius 3 is 2.67 bits per heavy atom. The van der Waals surface area contributed by atoms with E-state index in [0.29, 0.717) is 28.2 Å². The van der Waals surface area contributed by atoms with Crippen molar-refractivity contribution in [3.05, 3.63) is 66.8 Å². The number of fused-ring (bicyclic) bond motifs is 1. The molecule has 0 aliphatic carbocycles. The van der Waals surface area contributed by atoms with E-state index in [1.165, 1.54) is 44.2 Å². The Morgan fingerprint density at radius 1 is 1.10 bits per heavy atom. The Kier molecular flexibility index (Phi) is 8.11. The monoisotopic (exact) mass is 545 g/mol. The number of allylic oxidation sites excluding steroid dienone is 1. The van der Waals surface area contributed by atoms with Gasteiger partial charge in [0.2, 0.25) is 0 Å². The molecule has 0 bridgehead atoms. The van der Waals surface area contributed by atoms with Gasteiger partial charge in [0.25, 0.3) is 0 Å². The number of anilines is 3. The number of halogens is 1. The van der Waals surface area contributed by atoms with E-state index < -0.39 is 5.82 Å². The summed E-state index contributed by atoms with van der Waals surface area (Å²) in [7, 11) is 3.09. The van der Waals surface area contributed by atoms with Gasteiger partial charge in [0, 0.05) is 42.4 Å². The Hall–Kier alpha value is -5.04. The standard InChI is InChI=1S/C27H28FN9O3/c1-38-24-11-22-19(10-23(24)36-16-5-7-30-12-16)26(35-15-34-22)37-21-4-3-18(9-20(21)28)40-25(29)6-8-31-17-13-32-27(39-2)33-14-17/h3-4,6,8-11,13-16,30,36H,5,7,12,29H2,1-2H3,(H,34,35,37)/b25-6+,31-8?. The van der Waals surface area contributed by atoms with Gasteiger partial charge in [0.15, 0.2) is 5.88 Å². The van der Waals surface area contributed by atoms with Gasteiger partial charge in [-0.05, 0) is 31.2 Å². The van der Waals surface area contributed by atoms with Crippen LogP contribution in [0.15, 0.2) is 66.0 Å². The lowest BCUT2D eigenvalue weighted by Crippen LogP contribution is -2.22. The van der Waals surface area contributed by atoms with Crippen molar-refractivity contribution in [2.75, 3.05) is 37.9 Å². The van der Waals surface area contributed by atoms with Crippen LogP contribution in [0, 0.1) is 5.82 Å². The number of aromatic nitrogens is 4. The van der Waals surface area contributed by atoms with Crippen molar-refractivity contribution in [2.24, 2.45) is 10.7 Å². The summed E-state index contributed by atoms with van der Waals surface area (Å²) in [6.07, 6.45) is 8.27. The average Bonchev–Trinajstić information content (AvgIpc) is 3.48. The van der Waals surface area contributed by atoms with Gasteiger partial charge >= 0.3 is 6.01 Å². The molecule has 5 N–H and O–H groups in total. The van der Waals surface area contributed by atoms with Crippen LogP contribution < -0.4 is 35.9 Å². The molecule has 0 amide bonds. The zero-order valence-electron chi connectivity index (χ0n) is 21.9. The van der Waals surface area contributed by atoms with Gasteiger partial charge in [-0.25, -0.2) is 24.3 Å². The number of benzene rings is 2. The highest BCUT2D eigenvalue weighted by molar-refractivity contribution is 5.95. The number of ether oxygens (including phenoxy) is 3. The van der Waals surface area contributed by atoms with Gasteiger partial charge in [-0.1, -0.05) is 0 Å². The number of aliphatic imine (C=N–C) groups is 1. The lowest BCUT2D eigenvalue weighted by Gasteiger charge is -2.18. The van der Waals surface area contributed by atoms with Crippen molar-refractivity contribution in [1.29, 1.82) is 0 Å². The van der Waals surface area contributed by atoms with Crippen LogP contribution in [-0.4, -0.2) is 59.5 Å². The minimum absolute atomic E-state index is 0.0199. The Labute approximate surface area is 229 Å². The Morgan fingerprint density at radius 2 is 1.95 bits per heavy atom. The largest absolute Gasteiger partial charge is 0.495 e. The summed E-state index contributed by atoms with van der Waals surface area (Å²) in [5.74, 6) is 0.805. The third-order valence-electron chi connectivity index (χ3n) is 6.07. The maximum Gasteiger partial charge on any atom is 0.316 e. The normalized spacial score (nSPS) is 15.4. The summed E-state index contributed by atoms with van der Waals surface area (Å²) < 4.78 is 31.1. The van der Waals surface area contributed by atoms with Crippen molar-refractivity contribution in [2.45, 2.75) is 12.5 Å². The lowest BCUT2D eigenvalue weighted by molar-refractivity contribution is 0.380. The fraction of sp³-hybridized carbons (Fsp3) is 0.222. The second-order valence-corrected chi connectivity index (χ2v) is 8.77. The third kappa shape index (κ3) is 6.32. The number of methoxy groups -OCH3 is 2. The molecule has 2 aromatic heterocycles. The molecule has 206 valence electrons. The molecule has 3 heterocycles. The number of rotatable bonds is 10. The molecule has 1 saturated heterocycles. The molecular weight excluding hydrogens is 517 g/mol. The summed E-state index contributed by atoms with van der Waals surface area (Å²) in [5.41, 5.74) is 8.09. The van der Waals surface area contributed by atoms with Crippen LogP contribution in [0.25, 0.3) is 10.9 Å². The highest BCUT2D eigenvalue weighted by Gasteiger charge is 2.18. The maximum atomic E-state index is 15.1. The second-order valence-electron chi connectivity index (χ2n) is 8.77. The molecule has 1 fully saturated rings. The van der Waals surface area contributed by atoms with E-state index in [9.17, 15) is 0 Å². The smallest absolute Gasteiger partial charge is 0.316 e. The first-order valence-corrected chi connectivity index (χ1v) is 12.4. The molecule has 4 aromatic rings. The van der Waals surface area contributed by atoms with Gasteiger partial charge in [0.1, 0.15) is 29.5 Å². The molecule has 0 saturated carbocycles. The van der Waals surface area contributed by atoms with Gasteiger partial charge < -0.3 is 35.9 Å². The molecule has 1 aliphatic heterocycles. The van der Waals surface area contributed by atoms with Crippen molar-refractivity contribution in [3.8, 4) is 17.5 Å². The number of nitrogens with two attached hydrogens (primary N) is 1. The fourth-order valence-corrected chi connectivity index (χ4v) is 4.10. The predicted octanol–water partition coefficient (Wildman–Crippen LogP) is 3.67. The van der Waals surface area contributed by atoms with Crippen molar-refractivity contribution < 1.29 is 18.6 Å². The minimum atomic E-state index is -0.551. The number of hydrogen-bond acceptors (Lipinski definition) is 12. The lowest BCUT2D eigenvalue weighted by atomic mass is 10.1. The quantitative estimate of drug-likeness (QED) is 0.170. The van der Waals surface area contributed by atoms with Crippen LogP contribution in [0.5, 0.6) is 17.5 Å². The van der Waals surface area contributed by atoms with Crippen LogP contribution in [-0.2, 0) is 0 Å². The highest BCUT2D eigenvalue weighted by atomic mass is 19.1. The van der Waals surface area contributed by atoms with Gasteiger partial charge in [-0.15, -0.1) is 0 Å². The van der Waals surface area contributed by atoms with Crippen LogP contribution >= 0.6 is 0 Å². The van der Waals surface area contributed by atoms with E-state index in [4.69, 9.17) is 19.9 Å². The summed E-state index contributed by atoms with van der Waals surface area (Å²) in [4.78, 5) is 20.8. The van der Waals surface area contributed by atoms with Gasteiger partial charge in [-0.2, -0.15) is 0 Å². The highest BCUT2D eigenvalue weighted by Crippen LogP contribution is 2.34. The van der Waals surface area contributed by atoms with E-state index in [1.807, 2.05) is 12.1 Å². The number of hydrogen-bond donors (Lipinski definition) is 4. The molecule has 1 aliphatic rings. The molecule has 0 radical (unpaired) electrons. The fourth-order valence-electron chi connectivity index (χ4n) is 4.10. The van der Waals surface area contributed by atoms with Crippen LogP contribution in [0.4, 0.5) is 27.3 Å². The first-order valence-electron chi connectivity index (χ1n) is 12.4. The first-order chi connectivity index (χ1) is 19.5. The third-order valence-corrected chi connectivity index (χ3v) is 6.07. The van der Waals surface area contributed by atoms with Crippen LogP contribution in [0.1, 0.15) is 6.42 Å². The zero-order valence-corrected chi connectivity index (χ0v) is 21.9. The van der Waals surface area contributed by atoms with Crippen LogP contribution in [0.2, 0.25) is 0 Å². The Bertz CT molecular complexity index is 1540.